The van der Waals surface area contributed by atoms with Crippen LogP contribution in [0.15, 0.2) is 30.3 Å². The molecular weight excluding hydrogens is 236 g/mol. The summed E-state index contributed by atoms with van der Waals surface area (Å²) < 4.78 is 5.69. The summed E-state index contributed by atoms with van der Waals surface area (Å²) in [6.07, 6.45) is 3.71. The van der Waals surface area contributed by atoms with Gasteiger partial charge in [0.1, 0.15) is 5.75 Å². The molecule has 1 fully saturated rings. The minimum atomic E-state index is 0.840. The van der Waals surface area contributed by atoms with E-state index in [1.54, 1.807) is 0 Å². The van der Waals surface area contributed by atoms with Gasteiger partial charge in [0.15, 0.2) is 0 Å². The van der Waals surface area contributed by atoms with E-state index >= 15 is 0 Å². The van der Waals surface area contributed by atoms with Gasteiger partial charge in [-0.2, -0.15) is 0 Å². The largest absolute Gasteiger partial charge is 0.494 e. The maximum atomic E-state index is 5.69. The Morgan fingerprint density at radius 3 is 2.42 bits per heavy atom. The van der Waals surface area contributed by atoms with Crippen LogP contribution in [-0.2, 0) is 0 Å². The number of nitrogens with zero attached hydrogens (tertiary/aromatic N) is 2. The number of para-hydroxylation sites is 1. The standard InChI is InChI=1S/C16H26N2O/c1-17-11-13-18(14-12-17)10-6-3-7-15-19-16-8-4-2-5-9-16/h2,4-5,8-9H,3,6-7,10-15H2,1H3. The molecule has 3 nitrogen and oxygen atoms in total. The van der Waals surface area contributed by atoms with E-state index in [2.05, 4.69) is 16.8 Å². The second-order valence-corrected chi connectivity index (χ2v) is 5.37. The molecule has 0 aliphatic carbocycles. The predicted molar refractivity (Wildman–Crippen MR) is 79.7 cm³/mol. The van der Waals surface area contributed by atoms with Crippen LogP contribution in [0.2, 0.25) is 0 Å². The van der Waals surface area contributed by atoms with Crippen LogP contribution in [0.5, 0.6) is 5.75 Å². The summed E-state index contributed by atoms with van der Waals surface area (Å²) in [5.41, 5.74) is 0. The minimum absolute atomic E-state index is 0.840. The highest BCUT2D eigenvalue weighted by Gasteiger charge is 2.12. The molecule has 3 heteroatoms. The van der Waals surface area contributed by atoms with Crippen LogP contribution in [0.25, 0.3) is 0 Å². The van der Waals surface area contributed by atoms with E-state index in [1.807, 2.05) is 30.3 Å². The lowest BCUT2D eigenvalue weighted by Gasteiger charge is -2.32. The topological polar surface area (TPSA) is 15.7 Å². The van der Waals surface area contributed by atoms with Gasteiger partial charge >= 0.3 is 0 Å². The predicted octanol–water partition coefficient (Wildman–Crippen LogP) is 2.48. The molecule has 1 aromatic rings. The summed E-state index contributed by atoms with van der Waals surface area (Å²) in [5.74, 6) is 0.988. The van der Waals surface area contributed by atoms with E-state index < -0.39 is 0 Å². The lowest BCUT2D eigenvalue weighted by molar-refractivity contribution is 0.151. The average Bonchev–Trinajstić information content (AvgIpc) is 2.46. The van der Waals surface area contributed by atoms with Gasteiger partial charge in [0, 0.05) is 26.2 Å². The van der Waals surface area contributed by atoms with E-state index in [1.165, 1.54) is 45.6 Å². The Morgan fingerprint density at radius 2 is 1.68 bits per heavy atom. The summed E-state index contributed by atoms with van der Waals surface area (Å²) >= 11 is 0. The normalized spacial score (nSPS) is 17.5. The number of hydrogen-bond donors (Lipinski definition) is 0. The number of hydrogen-bond acceptors (Lipinski definition) is 3. The molecule has 1 heterocycles. The molecule has 0 unspecified atom stereocenters. The highest BCUT2D eigenvalue weighted by molar-refractivity contribution is 5.20. The molecule has 106 valence electrons. The molecule has 1 aliphatic rings. The lowest BCUT2D eigenvalue weighted by atomic mass is 10.2. The zero-order valence-electron chi connectivity index (χ0n) is 12.1. The molecule has 0 bridgehead atoms. The molecule has 0 saturated carbocycles. The Labute approximate surface area is 117 Å². The molecule has 2 rings (SSSR count). The second-order valence-electron chi connectivity index (χ2n) is 5.37. The molecule has 0 N–H and O–H groups in total. The number of piperazine rings is 1. The van der Waals surface area contributed by atoms with Gasteiger partial charge < -0.3 is 14.5 Å². The van der Waals surface area contributed by atoms with Gasteiger partial charge in [0.05, 0.1) is 6.61 Å². The van der Waals surface area contributed by atoms with Crippen LogP contribution < -0.4 is 4.74 Å². The molecule has 0 radical (unpaired) electrons. The monoisotopic (exact) mass is 262 g/mol. The van der Waals surface area contributed by atoms with Gasteiger partial charge in [-0.15, -0.1) is 0 Å². The average molecular weight is 262 g/mol. The number of likely N-dealkylation sites (N-methyl/N-ethyl adjacent to an activating group) is 1. The Kier molecular flexibility index (Phi) is 6.18. The van der Waals surface area contributed by atoms with Gasteiger partial charge in [0.2, 0.25) is 0 Å². The van der Waals surface area contributed by atoms with Gasteiger partial charge in [-0.25, -0.2) is 0 Å². The maximum absolute atomic E-state index is 5.69. The van der Waals surface area contributed by atoms with Crippen molar-refractivity contribution in [2.75, 3.05) is 46.4 Å². The Bertz CT molecular complexity index is 334. The summed E-state index contributed by atoms with van der Waals surface area (Å²) in [6.45, 7) is 6.99. The Hall–Kier alpha value is -1.06. The van der Waals surface area contributed by atoms with Crippen LogP contribution in [0, 0.1) is 0 Å². The minimum Gasteiger partial charge on any atom is -0.494 e. The first-order valence-electron chi connectivity index (χ1n) is 7.43. The van der Waals surface area contributed by atoms with Crippen molar-refractivity contribution in [2.45, 2.75) is 19.3 Å². The van der Waals surface area contributed by atoms with E-state index in [4.69, 9.17) is 4.74 Å². The van der Waals surface area contributed by atoms with E-state index in [0.29, 0.717) is 0 Å². The molecule has 0 atom stereocenters. The molecule has 0 spiro atoms. The fraction of sp³-hybridized carbons (Fsp3) is 0.625. The van der Waals surface area contributed by atoms with E-state index in [-0.39, 0.29) is 0 Å². The third-order valence-corrected chi connectivity index (χ3v) is 3.73. The third kappa shape index (κ3) is 5.62. The zero-order chi connectivity index (χ0) is 13.3. The lowest BCUT2D eigenvalue weighted by Crippen LogP contribution is -2.44. The summed E-state index contributed by atoms with van der Waals surface area (Å²) in [5, 5.41) is 0. The van der Waals surface area contributed by atoms with Gasteiger partial charge in [-0.3, -0.25) is 0 Å². The summed E-state index contributed by atoms with van der Waals surface area (Å²) in [7, 11) is 2.21. The van der Waals surface area contributed by atoms with Crippen molar-refractivity contribution in [3.63, 3.8) is 0 Å². The fourth-order valence-electron chi connectivity index (χ4n) is 2.39. The van der Waals surface area contributed by atoms with Crippen molar-refractivity contribution in [3.8, 4) is 5.75 Å². The van der Waals surface area contributed by atoms with Crippen molar-refractivity contribution in [1.29, 1.82) is 0 Å². The van der Waals surface area contributed by atoms with E-state index in [0.717, 1.165) is 18.8 Å². The van der Waals surface area contributed by atoms with Crippen molar-refractivity contribution in [3.05, 3.63) is 30.3 Å². The first kappa shape index (κ1) is 14.4. The van der Waals surface area contributed by atoms with Crippen LogP contribution in [0.4, 0.5) is 0 Å². The first-order valence-corrected chi connectivity index (χ1v) is 7.43. The fourth-order valence-corrected chi connectivity index (χ4v) is 2.39. The van der Waals surface area contributed by atoms with Crippen molar-refractivity contribution >= 4 is 0 Å². The second kappa shape index (κ2) is 8.18. The number of ether oxygens (including phenoxy) is 1. The first-order chi connectivity index (χ1) is 9.34. The smallest absolute Gasteiger partial charge is 0.119 e. The van der Waals surface area contributed by atoms with Gasteiger partial charge in [-0.05, 0) is 45.0 Å². The van der Waals surface area contributed by atoms with Crippen molar-refractivity contribution in [1.82, 2.24) is 9.80 Å². The zero-order valence-corrected chi connectivity index (χ0v) is 12.1. The third-order valence-electron chi connectivity index (χ3n) is 3.73. The van der Waals surface area contributed by atoms with Crippen LogP contribution >= 0.6 is 0 Å². The highest BCUT2D eigenvalue weighted by Crippen LogP contribution is 2.09. The van der Waals surface area contributed by atoms with Crippen molar-refractivity contribution < 1.29 is 4.74 Å². The number of benzene rings is 1. The molecule has 0 aromatic heterocycles. The molecule has 0 amide bonds. The molecule has 1 saturated heterocycles. The van der Waals surface area contributed by atoms with Gasteiger partial charge in [-0.1, -0.05) is 18.2 Å². The SMILES string of the molecule is CN1CCN(CCCCCOc2ccccc2)CC1. The molecule has 19 heavy (non-hydrogen) atoms. The molecule has 1 aromatic carbocycles. The number of rotatable bonds is 7. The Morgan fingerprint density at radius 1 is 0.947 bits per heavy atom. The van der Waals surface area contributed by atoms with Gasteiger partial charge in [0.25, 0.3) is 0 Å². The summed E-state index contributed by atoms with van der Waals surface area (Å²) in [4.78, 5) is 4.99. The molecular formula is C16H26N2O. The highest BCUT2D eigenvalue weighted by atomic mass is 16.5. The maximum Gasteiger partial charge on any atom is 0.119 e. The quantitative estimate of drug-likeness (QED) is 0.702. The van der Waals surface area contributed by atoms with E-state index in [9.17, 15) is 0 Å². The Balaban J connectivity index is 1.46. The van der Waals surface area contributed by atoms with Crippen molar-refractivity contribution in [2.24, 2.45) is 0 Å². The molecule has 1 aliphatic heterocycles. The van der Waals surface area contributed by atoms with Crippen LogP contribution in [-0.4, -0.2) is 56.2 Å². The van der Waals surface area contributed by atoms with Crippen LogP contribution in [0.1, 0.15) is 19.3 Å². The van der Waals surface area contributed by atoms with Crippen LogP contribution in [0.3, 0.4) is 0 Å². The summed E-state index contributed by atoms with van der Waals surface area (Å²) in [6, 6.07) is 10.1. The number of unbranched alkanes of at least 4 members (excludes halogenated alkanes) is 2.